The van der Waals surface area contributed by atoms with Gasteiger partial charge in [-0.2, -0.15) is 0 Å². The van der Waals surface area contributed by atoms with Crippen molar-refractivity contribution in [3.63, 3.8) is 0 Å². The molecule has 0 radical (unpaired) electrons. The minimum atomic E-state index is -1.31. The summed E-state index contributed by atoms with van der Waals surface area (Å²) in [5.74, 6) is -2.84. The number of aromatic nitrogens is 2. The summed E-state index contributed by atoms with van der Waals surface area (Å²) in [6.45, 7) is 1.91. The van der Waals surface area contributed by atoms with Crippen LogP contribution in [0.15, 0.2) is 28.1 Å². The van der Waals surface area contributed by atoms with Crippen molar-refractivity contribution in [3.8, 4) is 0 Å². The predicted octanol–water partition coefficient (Wildman–Crippen LogP) is -3.55. The number of likely N-dealkylation sites (tertiary alicyclic amines) is 1. The Kier molecular flexibility index (Phi) is 8.64. The van der Waals surface area contributed by atoms with E-state index < -0.39 is 34.9 Å². The van der Waals surface area contributed by atoms with Crippen LogP contribution in [-0.4, -0.2) is 131 Å². The van der Waals surface area contributed by atoms with Crippen LogP contribution in [0.4, 0.5) is 0 Å². The number of aliphatic carboxylic acids is 1. The molecular formula is C20H24AsN7O7S2. The van der Waals surface area contributed by atoms with Crippen LogP contribution in [0.2, 0.25) is 0 Å². The summed E-state index contributed by atoms with van der Waals surface area (Å²) in [6.07, 6.45) is 1.99. The van der Waals surface area contributed by atoms with Crippen molar-refractivity contribution in [2.45, 2.75) is 17.8 Å². The van der Waals surface area contributed by atoms with Gasteiger partial charge in [0.1, 0.15) is 0 Å². The number of carboxylic acid groups (broad SMARTS) is 1. The average Bonchev–Trinajstić information content (AvgIpc) is 3.45. The van der Waals surface area contributed by atoms with Crippen molar-refractivity contribution in [2.24, 2.45) is 5.16 Å². The Balaban J connectivity index is 1.47. The van der Waals surface area contributed by atoms with Gasteiger partial charge in [0.2, 0.25) is 5.91 Å². The molecule has 1 aromatic heterocycles. The van der Waals surface area contributed by atoms with E-state index >= 15 is 0 Å². The molecule has 2 saturated heterocycles. The number of amides is 3. The monoisotopic (exact) mass is 613 g/mol. The summed E-state index contributed by atoms with van der Waals surface area (Å²) in [5, 5.41) is 35.8. The molecule has 1 aromatic rings. The number of allylic oxidation sites excluding steroid dienone is 1. The number of aliphatic hydroxyl groups excluding tert-OH is 1. The van der Waals surface area contributed by atoms with Gasteiger partial charge in [-0.1, -0.05) is 0 Å². The Bertz CT molecular complexity index is 1220. The summed E-state index contributed by atoms with van der Waals surface area (Å²) < 4.78 is 4.56. The Hall–Kier alpha value is -2.78. The van der Waals surface area contributed by atoms with Gasteiger partial charge in [-0.05, 0) is 6.42 Å². The zero-order valence-electron chi connectivity index (χ0n) is 19.3. The van der Waals surface area contributed by atoms with E-state index in [9.17, 15) is 29.5 Å². The first-order chi connectivity index (χ1) is 17.8. The second kappa shape index (κ2) is 11.7. The van der Waals surface area contributed by atoms with Crippen LogP contribution in [0.5, 0.6) is 0 Å². The fourth-order valence-corrected chi connectivity index (χ4v) is 6.46. The van der Waals surface area contributed by atoms with Gasteiger partial charge in [-0.3, -0.25) is 4.79 Å². The van der Waals surface area contributed by atoms with E-state index in [4.69, 9.17) is 5.11 Å². The Morgan fingerprint density at radius 3 is 2.73 bits per heavy atom. The van der Waals surface area contributed by atoms with Crippen LogP contribution in [0.25, 0.3) is 0 Å². The molecule has 5 N–H and O–H groups in total. The van der Waals surface area contributed by atoms with Crippen LogP contribution in [0.3, 0.4) is 0 Å². The fourth-order valence-electron chi connectivity index (χ4n) is 4.13. The molecule has 4 heterocycles. The third kappa shape index (κ3) is 5.57. The first-order valence-electron chi connectivity index (χ1n) is 11.1. The van der Waals surface area contributed by atoms with Crippen LogP contribution >= 0.6 is 23.3 Å². The predicted molar refractivity (Wildman–Crippen MR) is 135 cm³/mol. The first-order valence-corrected chi connectivity index (χ1v) is 14.1. The minimum absolute atomic E-state index is 0.00307. The van der Waals surface area contributed by atoms with Gasteiger partial charge in [0.05, 0.1) is 6.61 Å². The fraction of sp³-hybridized carbons (Fsp3) is 0.450. The van der Waals surface area contributed by atoms with Crippen molar-refractivity contribution in [1.82, 2.24) is 29.8 Å². The summed E-state index contributed by atoms with van der Waals surface area (Å²) in [6, 6.07) is -1.03. The van der Waals surface area contributed by atoms with E-state index in [1.54, 1.807) is 11.0 Å². The van der Waals surface area contributed by atoms with E-state index in [-0.39, 0.29) is 29.8 Å². The summed E-state index contributed by atoms with van der Waals surface area (Å²) >= 11 is 3.49. The Morgan fingerprint density at radius 1 is 1.30 bits per heavy atom. The van der Waals surface area contributed by atoms with E-state index in [1.165, 1.54) is 28.6 Å². The van der Waals surface area contributed by atoms with Gasteiger partial charge in [-0.15, -0.1) is 0 Å². The van der Waals surface area contributed by atoms with E-state index in [2.05, 4.69) is 25.1 Å². The third-order valence-corrected chi connectivity index (χ3v) is 8.64. The Labute approximate surface area is 227 Å². The molecule has 198 valence electrons. The molecular weight excluding hydrogens is 589 g/mol. The number of aliphatic hydroxyl groups is 1. The van der Waals surface area contributed by atoms with E-state index in [0.29, 0.717) is 47.5 Å². The second-order valence-electron chi connectivity index (χ2n) is 8.13. The summed E-state index contributed by atoms with van der Waals surface area (Å²) in [4.78, 5) is 57.2. The van der Waals surface area contributed by atoms with Crippen LogP contribution < -0.4 is 14.4 Å². The van der Waals surface area contributed by atoms with Gasteiger partial charge in [0.15, 0.2) is 0 Å². The number of carbonyl (C=O) groups is 4. The number of nitrogens with zero attached hydrogens (tertiary/aromatic N) is 5. The molecule has 1 unspecified atom stereocenters. The number of rotatable bonds is 10. The van der Waals surface area contributed by atoms with Gasteiger partial charge >= 0.3 is 157 Å². The quantitative estimate of drug-likeness (QED) is 0.0333. The number of hydrogen-bond acceptors (Lipinski definition) is 12. The molecule has 0 aliphatic carbocycles. The Morgan fingerprint density at radius 2 is 2.08 bits per heavy atom. The maximum absolute atomic E-state index is 12.9. The van der Waals surface area contributed by atoms with Crippen molar-refractivity contribution in [3.05, 3.63) is 28.7 Å². The topological polar surface area (TPSA) is 198 Å². The second-order valence-corrected chi connectivity index (χ2v) is 12.0. The van der Waals surface area contributed by atoms with Crippen molar-refractivity contribution < 1.29 is 34.6 Å². The molecule has 2 fully saturated rings. The molecule has 14 nitrogen and oxygen atoms in total. The average molecular weight is 614 g/mol. The molecule has 3 atom stereocenters. The SMILES string of the molecule is O=C(O)C1=C(/C=C2\CCN(CCNCCO)C2=O)CS[C@@H]2[C@H](NC(=O)/C(=N\O)c3nsc([AsH2])n3)C(=O)N12. The standard InChI is InChI=1S/C20H24AsN7O7S2/c21-20-24-14(26-37-20)11(25-35)15(30)23-12-17(32)28-13(19(33)34)10(8-36-18(12)28)7-9-1-4-27(16(9)31)5-2-22-3-6-29/h7,12,18,22,29,35H,1-6,8,21H2,(H,23,30)(H,33,34)/b9-7+,25-11-/t12-,18-/m1/s1. The van der Waals surface area contributed by atoms with Crippen LogP contribution in [-0.2, 0) is 19.2 Å². The molecule has 0 saturated carbocycles. The van der Waals surface area contributed by atoms with Crippen molar-refractivity contribution in [2.75, 3.05) is 38.5 Å². The number of carbonyl (C=O) groups excluding carboxylic acids is 3. The van der Waals surface area contributed by atoms with Gasteiger partial charge in [0, 0.05) is 31.8 Å². The summed E-state index contributed by atoms with van der Waals surface area (Å²) in [5.41, 5.74) is 0.140. The molecule has 4 rings (SSSR count). The normalized spacial score (nSPS) is 23.0. The molecule has 0 spiro atoms. The number of oxime groups is 1. The number of thioether (sulfide) groups is 1. The molecule has 0 aromatic carbocycles. The number of β-lactam (4-membered cyclic amide) rings is 1. The number of hydrogen-bond donors (Lipinski definition) is 5. The van der Waals surface area contributed by atoms with Crippen molar-refractivity contribution >= 4 is 73.3 Å². The van der Waals surface area contributed by atoms with Crippen LogP contribution in [0.1, 0.15) is 12.2 Å². The third-order valence-electron chi connectivity index (χ3n) is 5.86. The summed E-state index contributed by atoms with van der Waals surface area (Å²) in [7, 11) is 0. The molecule has 3 aliphatic rings. The van der Waals surface area contributed by atoms with Crippen molar-refractivity contribution in [1.29, 1.82) is 0 Å². The van der Waals surface area contributed by atoms with E-state index in [0.717, 1.165) is 16.4 Å². The number of nitrogens with one attached hydrogen (secondary N) is 2. The zero-order valence-corrected chi connectivity index (χ0v) is 23.3. The number of fused-ring (bicyclic) bond motifs is 1. The molecule has 17 heteroatoms. The van der Waals surface area contributed by atoms with Gasteiger partial charge in [-0.25, -0.2) is 0 Å². The number of carboxylic acids is 1. The van der Waals surface area contributed by atoms with Crippen LogP contribution in [0, 0.1) is 0 Å². The first kappa shape index (κ1) is 27.3. The maximum atomic E-state index is 12.9. The molecule has 37 heavy (non-hydrogen) atoms. The van der Waals surface area contributed by atoms with Gasteiger partial charge < -0.3 is 15.3 Å². The molecule has 3 aliphatic heterocycles. The van der Waals surface area contributed by atoms with E-state index in [1.807, 2.05) is 0 Å². The molecule has 0 bridgehead atoms. The zero-order chi connectivity index (χ0) is 26.7. The van der Waals surface area contributed by atoms with Gasteiger partial charge in [0.25, 0.3) is 0 Å². The molecule has 3 amide bonds.